The van der Waals surface area contributed by atoms with Crippen molar-refractivity contribution >= 4 is 27.7 Å². The predicted molar refractivity (Wildman–Crippen MR) is 74.3 cm³/mol. The Morgan fingerprint density at radius 2 is 1.89 bits per heavy atom. The van der Waals surface area contributed by atoms with Gasteiger partial charge < -0.3 is 10.6 Å². The van der Waals surface area contributed by atoms with Crippen LogP contribution < -0.4 is 10.6 Å². The first-order chi connectivity index (χ1) is 8.93. The average Bonchev–Trinajstić information content (AvgIpc) is 2.34. The fourth-order valence-corrected chi connectivity index (χ4v) is 1.89. The Kier molecular flexibility index (Phi) is 5.95. The summed E-state index contributed by atoms with van der Waals surface area (Å²) in [5, 5.41) is 5.21. The predicted octanol–water partition coefficient (Wildman–Crippen LogP) is 2.09. The van der Waals surface area contributed by atoms with Gasteiger partial charge in [-0.15, -0.1) is 0 Å². The maximum Gasteiger partial charge on any atom is 0.255 e. The van der Waals surface area contributed by atoms with Crippen LogP contribution in [0.15, 0.2) is 22.7 Å². The van der Waals surface area contributed by atoms with Crippen molar-refractivity contribution in [2.45, 2.75) is 13.8 Å². The lowest BCUT2D eigenvalue weighted by molar-refractivity contribution is -0.123. The molecule has 0 radical (unpaired) electrons. The summed E-state index contributed by atoms with van der Waals surface area (Å²) in [7, 11) is 0. The molecule has 0 saturated carbocycles. The molecule has 1 aromatic rings. The smallest absolute Gasteiger partial charge is 0.255 e. The molecule has 0 heterocycles. The van der Waals surface area contributed by atoms with E-state index in [0.29, 0.717) is 11.0 Å². The summed E-state index contributed by atoms with van der Waals surface area (Å²) in [4.78, 5) is 23.0. The van der Waals surface area contributed by atoms with E-state index >= 15 is 0 Å². The van der Waals surface area contributed by atoms with Crippen molar-refractivity contribution in [2.24, 2.45) is 5.92 Å². The van der Waals surface area contributed by atoms with Crippen LogP contribution in [0.3, 0.4) is 0 Å². The molecule has 0 atom stereocenters. The molecular formula is C13H16BrFN2O2. The van der Waals surface area contributed by atoms with E-state index in [9.17, 15) is 14.0 Å². The molecule has 0 aromatic heterocycles. The Morgan fingerprint density at radius 3 is 2.47 bits per heavy atom. The molecule has 1 aromatic carbocycles. The summed E-state index contributed by atoms with van der Waals surface area (Å²) in [5.74, 6) is -1.28. The van der Waals surface area contributed by atoms with Crippen molar-refractivity contribution in [3.63, 3.8) is 0 Å². The summed E-state index contributed by atoms with van der Waals surface area (Å²) in [5.41, 5.74) is -0.0299. The quantitative estimate of drug-likeness (QED) is 0.812. The van der Waals surface area contributed by atoms with Crippen molar-refractivity contribution < 1.29 is 14.0 Å². The SMILES string of the molecule is CC(C)C(=O)NCCNC(=O)c1c(F)cccc1Br. The van der Waals surface area contributed by atoms with Gasteiger partial charge in [0.2, 0.25) is 5.91 Å². The number of hydrogen-bond donors (Lipinski definition) is 2. The Morgan fingerprint density at radius 1 is 1.26 bits per heavy atom. The summed E-state index contributed by atoms with van der Waals surface area (Å²) >= 11 is 3.13. The van der Waals surface area contributed by atoms with Crippen LogP contribution in [0.4, 0.5) is 4.39 Å². The van der Waals surface area contributed by atoms with Gasteiger partial charge in [0.1, 0.15) is 5.82 Å². The zero-order valence-electron chi connectivity index (χ0n) is 10.8. The van der Waals surface area contributed by atoms with E-state index in [4.69, 9.17) is 0 Å². The summed E-state index contributed by atoms with van der Waals surface area (Å²) in [6.45, 7) is 4.13. The Balaban J connectivity index is 2.46. The van der Waals surface area contributed by atoms with E-state index in [1.807, 2.05) is 0 Å². The molecule has 0 aliphatic rings. The van der Waals surface area contributed by atoms with E-state index in [0.717, 1.165) is 0 Å². The van der Waals surface area contributed by atoms with E-state index in [1.54, 1.807) is 19.9 Å². The van der Waals surface area contributed by atoms with E-state index in [2.05, 4.69) is 26.6 Å². The number of rotatable bonds is 5. The first-order valence-corrected chi connectivity index (χ1v) is 6.72. The zero-order chi connectivity index (χ0) is 14.4. The fourth-order valence-electron chi connectivity index (χ4n) is 1.37. The van der Waals surface area contributed by atoms with Gasteiger partial charge in [-0.2, -0.15) is 0 Å². The molecule has 0 spiro atoms. The number of halogens is 2. The Bertz CT molecular complexity index is 457. The van der Waals surface area contributed by atoms with Gasteiger partial charge in [0.15, 0.2) is 0 Å². The third kappa shape index (κ3) is 4.63. The Labute approximate surface area is 119 Å². The molecule has 6 heteroatoms. The average molecular weight is 331 g/mol. The molecule has 2 N–H and O–H groups in total. The highest BCUT2D eigenvalue weighted by atomic mass is 79.9. The Hall–Kier alpha value is -1.43. The molecule has 1 rings (SSSR count). The minimum atomic E-state index is -0.585. The molecular weight excluding hydrogens is 315 g/mol. The van der Waals surface area contributed by atoms with Crippen molar-refractivity contribution in [3.8, 4) is 0 Å². The van der Waals surface area contributed by atoms with Crippen LogP contribution in [-0.4, -0.2) is 24.9 Å². The molecule has 2 amide bonds. The number of benzene rings is 1. The number of hydrogen-bond acceptors (Lipinski definition) is 2. The lowest BCUT2D eigenvalue weighted by Gasteiger charge is -2.10. The number of carbonyl (C=O) groups excluding carboxylic acids is 2. The molecule has 0 fully saturated rings. The van der Waals surface area contributed by atoms with Gasteiger partial charge in [0.05, 0.1) is 5.56 Å². The van der Waals surface area contributed by atoms with Crippen molar-refractivity contribution in [2.75, 3.05) is 13.1 Å². The molecule has 0 aliphatic heterocycles. The van der Waals surface area contributed by atoms with Gasteiger partial charge in [0.25, 0.3) is 5.91 Å². The van der Waals surface area contributed by atoms with Gasteiger partial charge in [-0.25, -0.2) is 4.39 Å². The topological polar surface area (TPSA) is 58.2 Å². The van der Waals surface area contributed by atoms with Crippen LogP contribution in [0, 0.1) is 11.7 Å². The van der Waals surface area contributed by atoms with Crippen molar-refractivity contribution in [1.29, 1.82) is 0 Å². The van der Waals surface area contributed by atoms with Gasteiger partial charge >= 0.3 is 0 Å². The summed E-state index contributed by atoms with van der Waals surface area (Å²) < 4.78 is 13.9. The standard InChI is InChI=1S/C13H16BrFN2O2/c1-8(2)12(18)16-6-7-17-13(19)11-9(14)4-3-5-10(11)15/h3-5,8H,6-7H2,1-2H3,(H,16,18)(H,17,19). The van der Waals surface area contributed by atoms with Crippen LogP contribution >= 0.6 is 15.9 Å². The number of amides is 2. The van der Waals surface area contributed by atoms with Crippen LogP contribution in [-0.2, 0) is 4.79 Å². The highest BCUT2D eigenvalue weighted by Gasteiger charge is 2.14. The molecule has 0 bridgehead atoms. The normalized spacial score (nSPS) is 10.4. The van der Waals surface area contributed by atoms with Gasteiger partial charge in [0, 0.05) is 23.5 Å². The van der Waals surface area contributed by atoms with E-state index < -0.39 is 11.7 Å². The minimum absolute atomic E-state index is 0.0299. The van der Waals surface area contributed by atoms with E-state index in [-0.39, 0.29) is 23.9 Å². The molecule has 104 valence electrons. The van der Waals surface area contributed by atoms with Gasteiger partial charge in [-0.05, 0) is 28.1 Å². The molecule has 19 heavy (non-hydrogen) atoms. The van der Waals surface area contributed by atoms with Crippen molar-refractivity contribution in [1.82, 2.24) is 10.6 Å². The molecule has 0 unspecified atom stereocenters. The minimum Gasteiger partial charge on any atom is -0.354 e. The third-order valence-corrected chi connectivity index (χ3v) is 3.08. The summed E-state index contributed by atoms with van der Waals surface area (Å²) in [6.07, 6.45) is 0. The second-order valence-corrected chi connectivity index (χ2v) is 5.15. The fraction of sp³-hybridized carbons (Fsp3) is 0.385. The first kappa shape index (κ1) is 15.6. The first-order valence-electron chi connectivity index (χ1n) is 5.93. The van der Waals surface area contributed by atoms with Crippen LogP contribution in [0.2, 0.25) is 0 Å². The third-order valence-electron chi connectivity index (χ3n) is 2.42. The zero-order valence-corrected chi connectivity index (χ0v) is 12.4. The van der Waals surface area contributed by atoms with Gasteiger partial charge in [-0.1, -0.05) is 19.9 Å². The second kappa shape index (κ2) is 7.23. The molecule has 0 saturated heterocycles. The van der Waals surface area contributed by atoms with Crippen LogP contribution in [0.25, 0.3) is 0 Å². The highest BCUT2D eigenvalue weighted by Crippen LogP contribution is 2.19. The second-order valence-electron chi connectivity index (χ2n) is 4.30. The largest absolute Gasteiger partial charge is 0.354 e. The highest BCUT2D eigenvalue weighted by molar-refractivity contribution is 9.10. The van der Waals surface area contributed by atoms with Crippen molar-refractivity contribution in [3.05, 3.63) is 34.1 Å². The van der Waals surface area contributed by atoms with Gasteiger partial charge in [-0.3, -0.25) is 9.59 Å². The number of nitrogens with one attached hydrogen (secondary N) is 2. The maximum atomic E-state index is 13.5. The number of carbonyl (C=O) groups is 2. The van der Waals surface area contributed by atoms with Crippen LogP contribution in [0.1, 0.15) is 24.2 Å². The molecule has 4 nitrogen and oxygen atoms in total. The lowest BCUT2D eigenvalue weighted by Crippen LogP contribution is -2.36. The van der Waals surface area contributed by atoms with E-state index in [1.165, 1.54) is 12.1 Å². The summed E-state index contributed by atoms with van der Waals surface area (Å²) in [6, 6.07) is 4.33. The monoisotopic (exact) mass is 330 g/mol. The lowest BCUT2D eigenvalue weighted by atomic mass is 10.2. The van der Waals surface area contributed by atoms with Crippen LogP contribution in [0.5, 0.6) is 0 Å². The maximum absolute atomic E-state index is 13.5. The molecule has 0 aliphatic carbocycles.